The van der Waals surface area contributed by atoms with Crippen LogP contribution < -0.4 is 5.32 Å². The van der Waals surface area contributed by atoms with Crippen LogP contribution in [0.3, 0.4) is 0 Å². The zero-order valence-corrected chi connectivity index (χ0v) is 29.8. The Kier molecular flexibility index (Phi) is 6.81. The molecule has 1 aliphatic heterocycles. The van der Waals surface area contributed by atoms with E-state index in [9.17, 15) is 0 Å². The summed E-state index contributed by atoms with van der Waals surface area (Å²) in [5.41, 5.74) is 18.5. The van der Waals surface area contributed by atoms with Crippen molar-refractivity contribution in [2.75, 3.05) is 0 Å². The van der Waals surface area contributed by atoms with Crippen LogP contribution in [0.15, 0.2) is 218 Å². The predicted octanol–water partition coefficient (Wildman–Crippen LogP) is 11.8. The third-order valence-corrected chi connectivity index (χ3v) is 12.3. The molecule has 0 fully saturated rings. The van der Waals surface area contributed by atoms with E-state index in [4.69, 9.17) is 0 Å². The number of allylic oxidation sites excluding steroid dienone is 4. The molecule has 0 radical (unpaired) electrons. The summed E-state index contributed by atoms with van der Waals surface area (Å²) < 4.78 is 0. The van der Waals surface area contributed by atoms with Crippen LogP contribution in [-0.2, 0) is 10.8 Å². The van der Waals surface area contributed by atoms with Gasteiger partial charge in [0.1, 0.15) is 0 Å². The molecule has 1 nitrogen and oxygen atoms in total. The highest BCUT2D eigenvalue weighted by Gasteiger charge is 2.57. The predicted molar refractivity (Wildman–Crippen MR) is 222 cm³/mol. The Morgan fingerprint density at radius 3 is 1.65 bits per heavy atom. The Bertz CT molecular complexity index is 2710. The van der Waals surface area contributed by atoms with E-state index in [1.807, 2.05) is 6.20 Å². The van der Waals surface area contributed by atoms with Gasteiger partial charge in [-0.05, 0) is 95.7 Å². The average molecular weight is 688 g/mol. The number of nitrogens with one attached hydrogen (secondary N) is 1. The Morgan fingerprint density at radius 2 is 0.926 bits per heavy atom. The quantitative estimate of drug-likeness (QED) is 0.190. The van der Waals surface area contributed by atoms with Crippen molar-refractivity contribution < 1.29 is 0 Å². The lowest BCUT2D eigenvalue weighted by Crippen LogP contribution is -2.44. The molecule has 3 unspecified atom stereocenters. The number of fused-ring (bicyclic) bond motifs is 6. The fourth-order valence-electron chi connectivity index (χ4n) is 10.2. The summed E-state index contributed by atoms with van der Waals surface area (Å²) in [6.07, 6.45) is 12.9. The van der Waals surface area contributed by atoms with Crippen LogP contribution in [0.1, 0.15) is 50.1 Å². The topological polar surface area (TPSA) is 12.0 Å². The van der Waals surface area contributed by atoms with Crippen molar-refractivity contribution in [3.05, 3.63) is 268 Å². The molecular weight excluding hydrogens is 651 g/mol. The van der Waals surface area contributed by atoms with Gasteiger partial charge in [-0.1, -0.05) is 200 Å². The molecule has 0 saturated heterocycles. The summed E-state index contributed by atoms with van der Waals surface area (Å²) in [4.78, 5) is 0. The van der Waals surface area contributed by atoms with Crippen molar-refractivity contribution >= 4 is 5.57 Å². The molecule has 0 saturated carbocycles. The average Bonchev–Trinajstić information content (AvgIpc) is 3.57. The van der Waals surface area contributed by atoms with Gasteiger partial charge in [0.25, 0.3) is 0 Å². The van der Waals surface area contributed by atoms with Crippen LogP contribution in [0.5, 0.6) is 0 Å². The number of hydrogen-bond donors (Lipinski definition) is 1. The fourth-order valence-corrected chi connectivity index (χ4v) is 10.2. The number of rotatable bonds is 5. The minimum absolute atomic E-state index is 0.186. The molecule has 3 aliphatic carbocycles. The maximum Gasteiger partial charge on any atom is 0.0768 e. The molecule has 254 valence electrons. The molecule has 4 aliphatic rings. The summed E-state index contributed by atoms with van der Waals surface area (Å²) in [6, 6.07) is 66.4. The molecule has 0 spiro atoms. The normalized spacial score (nSPS) is 21.1. The van der Waals surface area contributed by atoms with Gasteiger partial charge < -0.3 is 5.32 Å². The third kappa shape index (κ3) is 4.15. The first-order valence-electron chi connectivity index (χ1n) is 19.0. The first-order chi connectivity index (χ1) is 26.8. The van der Waals surface area contributed by atoms with Gasteiger partial charge in [-0.2, -0.15) is 0 Å². The highest BCUT2D eigenvalue weighted by molar-refractivity contribution is 5.92. The van der Waals surface area contributed by atoms with E-state index in [1.165, 1.54) is 83.5 Å². The van der Waals surface area contributed by atoms with E-state index >= 15 is 0 Å². The molecule has 11 rings (SSSR count). The van der Waals surface area contributed by atoms with Crippen LogP contribution in [0.2, 0.25) is 0 Å². The summed E-state index contributed by atoms with van der Waals surface area (Å²) >= 11 is 0. The second-order valence-electron chi connectivity index (χ2n) is 14.8. The maximum absolute atomic E-state index is 3.54. The van der Waals surface area contributed by atoms with E-state index < -0.39 is 10.8 Å². The van der Waals surface area contributed by atoms with Crippen molar-refractivity contribution in [3.63, 3.8) is 0 Å². The summed E-state index contributed by atoms with van der Waals surface area (Å²) in [6.45, 7) is 0. The minimum atomic E-state index is -0.542. The zero-order chi connectivity index (χ0) is 35.7. The van der Waals surface area contributed by atoms with Crippen LogP contribution in [-0.4, -0.2) is 6.04 Å². The molecule has 7 aromatic rings. The molecule has 1 heteroatoms. The summed E-state index contributed by atoms with van der Waals surface area (Å²) in [5, 5.41) is 3.54. The molecule has 3 atom stereocenters. The number of dihydropyridines is 1. The Labute approximate surface area is 317 Å². The van der Waals surface area contributed by atoms with Gasteiger partial charge in [0, 0.05) is 0 Å². The lowest BCUT2D eigenvalue weighted by atomic mass is 9.51. The van der Waals surface area contributed by atoms with Gasteiger partial charge in [-0.3, -0.25) is 0 Å². The van der Waals surface area contributed by atoms with E-state index in [-0.39, 0.29) is 6.04 Å². The SMILES string of the molecule is C1=CNC2C(=C1)C=CC=C2c1ccc(-c2ccc(C3(c4ccccc4)c4ccccc4C4(c5ccccc5)c5ccccc5-c5cccc3c54)cc2)cc1. The van der Waals surface area contributed by atoms with E-state index in [0.717, 1.165) is 0 Å². The van der Waals surface area contributed by atoms with Crippen LogP contribution in [0.25, 0.3) is 27.8 Å². The number of hydrogen-bond acceptors (Lipinski definition) is 1. The van der Waals surface area contributed by atoms with Gasteiger partial charge >= 0.3 is 0 Å². The summed E-state index contributed by atoms with van der Waals surface area (Å²) in [5.74, 6) is 0. The van der Waals surface area contributed by atoms with Crippen molar-refractivity contribution in [1.29, 1.82) is 0 Å². The van der Waals surface area contributed by atoms with Crippen molar-refractivity contribution in [1.82, 2.24) is 5.32 Å². The van der Waals surface area contributed by atoms with Gasteiger partial charge in [0.15, 0.2) is 0 Å². The van der Waals surface area contributed by atoms with Crippen molar-refractivity contribution in [2.24, 2.45) is 0 Å². The number of benzene rings is 7. The first-order valence-corrected chi connectivity index (χ1v) is 19.0. The molecular formula is C53H37N. The third-order valence-electron chi connectivity index (χ3n) is 12.3. The van der Waals surface area contributed by atoms with Gasteiger partial charge in [-0.25, -0.2) is 0 Å². The van der Waals surface area contributed by atoms with Crippen LogP contribution in [0, 0.1) is 0 Å². The largest absolute Gasteiger partial charge is 0.380 e. The lowest BCUT2D eigenvalue weighted by molar-refractivity contribution is 0.627. The second kappa shape index (κ2) is 11.9. The molecule has 1 N–H and O–H groups in total. The zero-order valence-electron chi connectivity index (χ0n) is 29.8. The Hall–Kier alpha value is -6.70. The first kappa shape index (κ1) is 30.9. The molecule has 54 heavy (non-hydrogen) atoms. The van der Waals surface area contributed by atoms with E-state index in [0.29, 0.717) is 0 Å². The standard InChI is InChI=1S/C53H37N/c1-3-16-40(17-4-1)52(42-33-31-37(32-34-42)36-27-29-38(30-28-36)43-21-11-14-39-15-13-35-54-51(39)43)47-24-9-10-25-48(47)53(41-18-5-2-6-19-41)46-23-8-7-20-44(46)45-22-12-26-49(52)50(45)53/h1-35,51,54H. The fraction of sp³-hybridized carbons (Fsp3) is 0.0566. The highest BCUT2D eigenvalue weighted by atomic mass is 14.9. The van der Waals surface area contributed by atoms with Crippen LogP contribution in [0.4, 0.5) is 0 Å². The van der Waals surface area contributed by atoms with Crippen molar-refractivity contribution in [2.45, 2.75) is 16.9 Å². The van der Waals surface area contributed by atoms with Gasteiger partial charge in [-0.15, -0.1) is 0 Å². The molecule has 1 heterocycles. The Morgan fingerprint density at radius 1 is 0.389 bits per heavy atom. The van der Waals surface area contributed by atoms with Crippen LogP contribution >= 0.6 is 0 Å². The van der Waals surface area contributed by atoms with E-state index in [1.54, 1.807) is 0 Å². The van der Waals surface area contributed by atoms with E-state index in [2.05, 4.69) is 212 Å². The molecule has 0 bridgehead atoms. The lowest BCUT2D eigenvalue weighted by Gasteiger charge is -2.49. The molecule has 7 aromatic carbocycles. The van der Waals surface area contributed by atoms with Gasteiger partial charge in [0.2, 0.25) is 0 Å². The molecule has 0 amide bonds. The molecule has 0 aromatic heterocycles. The smallest absolute Gasteiger partial charge is 0.0768 e. The highest BCUT2D eigenvalue weighted by Crippen LogP contribution is 2.65. The maximum atomic E-state index is 3.54. The summed E-state index contributed by atoms with van der Waals surface area (Å²) in [7, 11) is 0. The van der Waals surface area contributed by atoms with Gasteiger partial charge in [0.05, 0.1) is 16.9 Å². The van der Waals surface area contributed by atoms with Crippen molar-refractivity contribution in [3.8, 4) is 22.3 Å². The monoisotopic (exact) mass is 687 g/mol. The Balaban J connectivity index is 1.11. The minimum Gasteiger partial charge on any atom is -0.380 e. The second-order valence-corrected chi connectivity index (χ2v) is 14.8.